The Morgan fingerprint density at radius 1 is 1.67 bits per heavy atom. The van der Waals surface area contributed by atoms with Gasteiger partial charge in [-0.05, 0) is 42.0 Å². The fourth-order valence-corrected chi connectivity index (χ4v) is 3.24. The maximum atomic E-state index is 10.4. The van der Waals surface area contributed by atoms with Crippen molar-refractivity contribution in [2.75, 3.05) is 13.1 Å². The summed E-state index contributed by atoms with van der Waals surface area (Å²) in [5.41, 5.74) is 0.989. The molecule has 98 valence electrons. The van der Waals surface area contributed by atoms with E-state index in [4.69, 9.17) is 5.11 Å². The Labute approximate surface area is 112 Å². The molecule has 0 amide bonds. The van der Waals surface area contributed by atoms with Crippen LogP contribution in [0.5, 0.6) is 0 Å². The lowest BCUT2D eigenvalue weighted by atomic mass is 10.1. The molecular formula is C14H19NO2S. The van der Waals surface area contributed by atoms with Crippen molar-refractivity contribution < 1.29 is 9.90 Å². The molecule has 1 N–H and O–H groups in total. The van der Waals surface area contributed by atoms with Gasteiger partial charge in [-0.25, -0.2) is 4.79 Å². The van der Waals surface area contributed by atoms with Gasteiger partial charge in [-0.15, -0.1) is 11.3 Å². The van der Waals surface area contributed by atoms with Crippen molar-refractivity contribution in [2.24, 2.45) is 5.92 Å². The zero-order chi connectivity index (χ0) is 13.0. The highest BCUT2D eigenvalue weighted by Gasteiger charge is 2.20. The lowest BCUT2D eigenvalue weighted by Crippen LogP contribution is -2.19. The van der Waals surface area contributed by atoms with Crippen molar-refractivity contribution in [1.29, 1.82) is 0 Å². The summed E-state index contributed by atoms with van der Waals surface area (Å²) < 4.78 is 0. The summed E-state index contributed by atoms with van der Waals surface area (Å²) in [6.07, 6.45) is 5.43. The van der Waals surface area contributed by atoms with Gasteiger partial charge in [-0.1, -0.05) is 13.3 Å². The number of nitrogens with zero attached hydrogens (tertiary/aromatic N) is 1. The van der Waals surface area contributed by atoms with Gasteiger partial charge in [0.1, 0.15) is 0 Å². The maximum absolute atomic E-state index is 10.4. The Morgan fingerprint density at radius 3 is 3.17 bits per heavy atom. The molecule has 0 radical (unpaired) electrons. The molecule has 2 heterocycles. The molecule has 1 aromatic rings. The van der Waals surface area contributed by atoms with E-state index in [-0.39, 0.29) is 0 Å². The summed E-state index contributed by atoms with van der Waals surface area (Å²) in [6, 6.07) is 2.09. The van der Waals surface area contributed by atoms with Crippen LogP contribution in [0.4, 0.5) is 0 Å². The predicted octanol–water partition coefficient (Wildman–Crippen LogP) is 3.08. The van der Waals surface area contributed by atoms with E-state index >= 15 is 0 Å². The second-order valence-corrected chi connectivity index (χ2v) is 5.81. The first-order valence-corrected chi connectivity index (χ1v) is 7.26. The number of thiophene rings is 1. The van der Waals surface area contributed by atoms with Crippen molar-refractivity contribution in [3.05, 3.63) is 28.0 Å². The van der Waals surface area contributed by atoms with Gasteiger partial charge in [0.15, 0.2) is 0 Å². The van der Waals surface area contributed by atoms with Crippen molar-refractivity contribution in [3.8, 4) is 0 Å². The van der Waals surface area contributed by atoms with Crippen molar-refractivity contribution in [1.82, 2.24) is 4.90 Å². The van der Waals surface area contributed by atoms with Gasteiger partial charge >= 0.3 is 5.97 Å². The highest BCUT2D eigenvalue weighted by Crippen LogP contribution is 2.24. The molecule has 1 fully saturated rings. The molecule has 1 unspecified atom stereocenters. The van der Waals surface area contributed by atoms with Crippen LogP contribution in [-0.4, -0.2) is 29.1 Å². The molecular weight excluding hydrogens is 246 g/mol. The molecule has 1 aliphatic heterocycles. The number of carbonyl (C=O) groups is 1. The largest absolute Gasteiger partial charge is 0.478 e. The maximum Gasteiger partial charge on any atom is 0.328 e. The summed E-state index contributed by atoms with van der Waals surface area (Å²) in [5.74, 6) is -0.0376. The number of aliphatic carboxylic acids is 1. The molecule has 0 aromatic carbocycles. The first-order valence-electron chi connectivity index (χ1n) is 6.38. The average Bonchev–Trinajstić information content (AvgIpc) is 2.96. The Morgan fingerprint density at radius 2 is 2.50 bits per heavy atom. The number of rotatable bonds is 5. The van der Waals surface area contributed by atoms with Gasteiger partial charge in [-0.3, -0.25) is 4.90 Å². The van der Waals surface area contributed by atoms with Crippen LogP contribution >= 0.6 is 11.3 Å². The smallest absolute Gasteiger partial charge is 0.328 e. The van der Waals surface area contributed by atoms with Crippen molar-refractivity contribution >= 4 is 23.4 Å². The number of carboxylic acids is 1. The zero-order valence-corrected chi connectivity index (χ0v) is 11.4. The third-order valence-electron chi connectivity index (χ3n) is 3.42. The molecule has 4 heteroatoms. The van der Waals surface area contributed by atoms with E-state index < -0.39 is 5.97 Å². The Balaban J connectivity index is 1.89. The monoisotopic (exact) mass is 265 g/mol. The second kappa shape index (κ2) is 6.16. The van der Waals surface area contributed by atoms with Gasteiger partial charge in [0.2, 0.25) is 0 Å². The lowest BCUT2D eigenvalue weighted by molar-refractivity contribution is -0.131. The molecule has 1 aliphatic rings. The van der Waals surface area contributed by atoms with Crippen LogP contribution in [0.15, 0.2) is 17.5 Å². The van der Waals surface area contributed by atoms with Crippen LogP contribution in [0.25, 0.3) is 6.08 Å². The standard InChI is InChI=1S/C14H19NO2S/c1-2-11-5-6-15(8-11)9-13-7-12(10-18-13)3-4-14(16)17/h3-4,7,10-11H,2,5-6,8-9H2,1H3,(H,16,17)/b4-3+. The van der Waals surface area contributed by atoms with E-state index in [9.17, 15) is 4.79 Å². The molecule has 0 bridgehead atoms. The minimum atomic E-state index is -0.895. The minimum absolute atomic E-state index is 0.858. The Hall–Kier alpha value is -1.13. The topological polar surface area (TPSA) is 40.5 Å². The first kappa shape index (κ1) is 13.3. The van der Waals surface area contributed by atoms with Crippen LogP contribution < -0.4 is 0 Å². The normalized spacial score (nSPS) is 20.8. The summed E-state index contributed by atoms with van der Waals surface area (Å²) in [6.45, 7) is 5.65. The Kier molecular flexibility index (Phi) is 4.55. The lowest BCUT2D eigenvalue weighted by Gasteiger charge is -2.13. The van der Waals surface area contributed by atoms with E-state index in [0.717, 1.165) is 18.0 Å². The molecule has 1 aromatic heterocycles. The first-order chi connectivity index (χ1) is 8.67. The summed E-state index contributed by atoms with van der Waals surface area (Å²) in [5, 5.41) is 10.6. The van der Waals surface area contributed by atoms with Crippen molar-refractivity contribution in [2.45, 2.75) is 26.3 Å². The van der Waals surface area contributed by atoms with Gasteiger partial charge in [0.25, 0.3) is 0 Å². The van der Waals surface area contributed by atoms with Gasteiger partial charge < -0.3 is 5.11 Å². The van der Waals surface area contributed by atoms with Crippen LogP contribution in [0.3, 0.4) is 0 Å². The van der Waals surface area contributed by atoms with Crippen LogP contribution in [0.2, 0.25) is 0 Å². The van der Waals surface area contributed by atoms with Crippen LogP contribution in [-0.2, 0) is 11.3 Å². The Bertz CT molecular complexity index is 439. The quantitative estimate of drug-likeness (QED) is 0.832. The van der Waals surface area contributed by atoms with Gasteiger partial charge in [0, 0.05) is 24.0 Å². The van der Waals surface area contributed by atoms with E-state index in [1.807, 2.05) is 5.38 Å². The fraction of sp³-hybridized carbons (Fsp3) is 0.500. The molecule has 0 spiro atoms. The third-order valence-corrected chi connectivity index (χ3v) is 4.36. The summed E-state index contributed by atoms with van der Waals surface area (Å²) in [4.78, 5) is 14.2. The number of carboxylic acid groups (broad SMARTS) is 1. The molecule has 0 saturated carbocycles. The second-order valence-electron chi connectivity index (χ2n) is 4.82. The molecule has 1 saturated heterocycles. The van der Waals surface area contributed by atoms with E-state index in [2.05, 4.69) is 17.9 Å². The van der Waals surface area contributed by atoms with Gasteiger partial charge in [0.05, 0.1) is 0 Å². The van der Waals surface area contributed by atoms with Gasteiger partial charge in [-0.2, -0.15) is 0 Å². The highest BCUT2D eigenvalue weighted by atomic mass is 32.1. The molecule has 2 rings (SSSR count). The molecule has 18 heavy (non-hydrogen) atoms. The summed E-state index contributed by atoms with van der Waals surface area (Å²) in [7, 11) is 0. The highest BCUT2D eigenvalue weighted by molar-refractivity contribution is 7.10. The number of likely N-dealkylation sites (tertiary alicyclic amines) is 1. The fourth-order valence-electron chi connectivity index (χ4n) is 2.35. The molecule has 1 atom stereocenters. The number of hydrogen-bond donors (Lipinski definition) is 1. The van der Waals surface area contributed by atoms with E-state index in [1.54, 1.807) is 17.4 Å². The van der Waals surface area contributed by atoms with Crippen molar-refractivity contribution in [3.63, 3.8) is 0 Å². The number of hydrogen-bond acceptors (Lipinski definition) is 3. The molecule has 0 aliphatic carbocycles. The average molecular weight is 265 g/mol. The van der Waals surface area contributed by atoms with E-state index in [0.29, 0.717) is 0 Å². The minimum Gasteiger partial charge on any atom is -0.478 e. The predicted molar refractivity (Wildman–Crippen MR) is 74.7 cm³/mol. The molecule has 3 nitrogen and oxygen atoms in total. The summed E-state index contributed by atoms with van der Waals surface area (Å²) >= 11 is 1.71. The van der Waals surface area contributed by atoms with Crippen LogP contribution in [0.1, 0.15) is 30.2 Å². The SMILES string of the molecule is CCC1CCN(Cc2cc(/C=C/C(=O)O)cs2)C1. The van der Waals surface area contributed by atoms with Crippen LogP contribution in [0, 0.1) is 5.92 Å². The zero-order valence-electron chi connectivity index (χ0n) is 10.6. The third kappa shape index (κ3) is 3.68. The van der Waals surface area contributed by atoms with E-state index in [1.165, 1.54) is 36.9 Å².